The molecule has 84 heavy (non-hydrogen) atoms. The molecule has 30 nitrogen and oxygen atoms in total. The maximum Gasteiger partial charge on any atom is 0.277 e. The highest BCUT2D eigenvalue weighted by Crippen LogP contribution is 2.33. The number of rotatable bonds is 9. The van der Waals surface area contributed by atoms with Gasteiger partial charge < -0.3 is 66.8 Å². The van der Waals surface area contributed by atoms with Crippen LogP contribution in [-0.4, -0.2) is 106 Å². The first-order valence-electron chi connectivity index (χ1n) is 24.4. The van der Waals surface area contributed by atoms with E-state index in [1.807, 2.05) is 0 Å². The second-order valence-corrected chi connectivity index (χ2v) is 20.8. The average molecular weight is 1290 g/mol. The van der Waals surface area contributed by atoms with Gasteiger partial charge in [-0.2, -0.15) is 0 Å². The van der Waals surface area contributed by atoms with Crippen molar-refractivity contribution >= 4 is 90.1 Å². The lowest BCUT2D eigenvalue weighted by molar-refractivity contribution is -0.115. The van der Waals surface area contributed by atoms with Crippen LogP contribution in [0.4, 0.5) is 28.8 Å². The minimum atomic E-state index is -0.833. The molecule has 444 valence electrons. The number of aromatic amines is 1. The third-order valence-corrected chi connectivity index (χ3v) is 12.6. The summed E-state index contributed by atoms with van der Waals surface area (Å²) in [5.41, 5.74) is 7.66. The van der Waals surface area contributed by atoms with Crippen LogP contribution in [0.1, 0.15) is 97.3 Å². The van der Waals surface area contributed by atoms with Crippen LogP contribution in [0.3, 0.4) is 0 Å². The minimum Gasteiger partial charge on any atom is -0.494 e. The third kappa shape index (κ3) is 15.2. The number of nitrogens with zero attached hydrogens (tertiary/aromatic N) is 9. The van der Waals surface area contributed by atoms with Crippen molar-refractivity contribution < 1.29 is 42.9 Å². The number of methoxy groups -OCH3 is 4. The summed E-state index contributed by atoms with van der Waals surface area (Å²) in [5.74, 6) is 1.17. The lowest BCUT2D eigenvalue weighted by Gasteiger charge is -2.22. The van der Waals surface area contributed by atoms with Gasteiger partial charge in [-0.1, -0.05) is 0 Å². The fraction of sp³-hybridized carbons (Fsp3) is 0.288. The lowest BCUT2D eigenvalue weighted by Crippen LogP contribution is -2.42. The molecular formula is C52H59Br2N17O13. The number of hydrogen-bond donors (Lipinski definition) is 8. The van der Waals surface area contributed by atoms with Gasteiger partial charge >= 0.3 is 0 Å². The van der Waals surface area contributed by atoms with E-state index < -0.39 is 28.5 Å². The fourth-order valence-electron chi connectivity index (χ4n) is 7.95. The van der Waals surface area contributed by atoms with Gasteiger partial charge in [0.2, 0.25) is 0 Å². The summed E-state index contributed by atoms with van der Waals surface area (Å²) in [6.45, 7) is 13.6. The van der Waals surface area contributed by atoms with Gasteiger partial charge in [0.15, 0.2) is 28.6 Å². The Hall–Kier alpha value is -9.85. The predicted molar refractivity (Wildman–Crippen MR) is 313 cm³/mol. The number of ether oxygens (including phenoxy) is 4. The van der Waals surface area contributed by atoms with Crippen molar-refractivity contribution in [1.82, 2.24) is 64.5 Å². The van der Waals surface area contributed by atoms with Crippen molar-refractivity contribution in [1.29, 1.82) is 0 Å². The molecule has 10 rings (SSSR count). The second-order valence-electron chi connectivity index (χ2n) is 19.1. The van der Waals surface area contributed by atoms with Gasteiger partial charge in [-0.25, -0.2) is 29.9 Å². The van der Waals surface area contributed by atoms with E-state index in [1.54, 1.807) is 78.3 Å². The summed E-state index contributed by atoms with van der Waals surface area (Å²) in [4.78, 5) is 130. The van der Waals surface area contributed by atoms with Crippen molar-refractivity contribution in [2.75, 3.05) is 44.8 Å². The Labute approximate surface area is 494 Å². The molecule has 0 spiro atoms. The zero-order chi connectivity index (χ0) is 62.6. The standard InChI is InChI=1S/2C14H15N5O3.C10H11BrN2O3.C7H7BrN2O3.C4H5N3.C3H6O/c2*1-14(2)18-12(20)11-9(22-3)6-8(13(21)19(11)14)17-10-4-5-15-7-16-10;1-10(2)12-8(14)7-6(16-3)4-5(11)9(15)13(7)10;1-13-4-2-3(8)7(12)10-5(4)6(9)11;5-4-1-2-6-3-7-4;1-3(2)4/h2*4-7H,1-3H3,(H,18,20)(H,15,16,17);4H,1-3H3,(H,12,14);2H,1H3,(H2,9,11)(H,10,12);1-3H,(H2,5,6,7);1-2H3. The molecule has 7 aromatic heterocycles. The maximum atomic E-state index is 12.7. The van der Waals surface area contributed by atoms with E-state index in [0.29, 0.717) is 39.2 Å². The molecule has 0 saturated heterocycles. The van der Waals surface area contributed by atoms with E-state index >= 15 is 0 Å². The number of pyridine rings is 4. The third-order valence-electron chi connectivity index (χ3n) is 11.4. The Bertz CT molecular complexity index is 3720. The van der Waals surface area contributed by atoms with Crippen LogP contribution in [0.5, 0.6) is 23.0 Å². The van der Waals surface area contributed by atoms with Crippen molar-refractivity contribution in [3.8, 4) is 23.0 Å². The highest BCUT2D eigenvalue weighted by atomic mass is 79.9. The summed E-state index contributed by atoms with van der Waals surface area (Å²) in [6.07, 6.45) is 8.88. The first-order chi connectivity index (χ1) is 39.4. The van der Waals surface area contributed by atoms with E-state index in [0.717, 1.165) is 0 Å². The minimum absolute atomic E-state index is 0.0318. The number of nitrogens with two attached hydrogens (primary N) is 2. The molecule has 0 atom stereocenters. The van der Waals surface area contributed by atoms with Crippen LogP contribution in [0.15, 0.2) is 108 Å². The molecule has 3 aliphatic rings. The van der Waals surface area contributed by atoms with Crippen molar-refractivity contribution in [2.45, 2.75) is 72.4 Å². The molecule has 10 N–H and O–H groups in total. The first kappa shape index (κ1) is 65.0. The van der Waals surface area contributed by atoms with E-state index in [9.17, 15) is 43.2 Å². The SMILES string of the molecule is CC(C)=O.COc1cc(Br)c(=O)[nH]c1C(N)=O.COc1cc(Br)c(=O)n2c1C(=O)NC2(C)C.COc1cc(Nc2ccncn2)c(=O)n2c1C(=O)NC2(C)C.COc1cc(Nc2ccncn2)c(=O)n2c1C(=O)NC2(C)C.Nc1ccncn1. The van der Waals surface area contributed by atoms with Gasteiger partial charge in [0.1, 0.15) is 87.8 Å². The Balaban J connectivity index is 0.000000196. The summed E-state index contributed by atoms with van der Waals surface area (Å²) in [6, 6.07) is 10.8. The topological polar surface area (TPSA) is 411 Å². The number of carbonyl (C=O) groups is 5. The molecular weight excluding hydrogens is 1230 g/mol. The summed E-state index contributed by atoms with van der Waals surface area (Å²) >= 11 is 6.15. The largest absolute Gasteiger partial charge is 0.494 e. The van der Waals surface area contributed by atoms with E-state index in [4.69, 9.17) is 30.4 Å². The quantitative estimate of drug-likeness (QED) is 0.102. The normalized spacial score (nSPS) is 13.7. The summed E-state index contributed by atoms with van der Waals surface area (Å²) < 4.78 is 25.3. The number of ketones is 1. The van der Waals surface area contributed by atoms with Crippen molar-refractivity contribution in [3.05, 3.63) is 153 Å². The van der Waals surface area contributed by atoms with Crippen LogP contribution >= 0.6 is 31.9 Å². The van der Waals surface area contributed by atoms with Crippen molar-refractivity contribution in [2.24, 2.45) is 5.73 Å². The van der Waals surface area contributed by atoms with E-state index in [2.05, 4.69) is 93.3 Å². The van der Waals surface area contributed by atoms with E-state index in [1.165, 1.54) is 99.2 Å². The summed E-state index contributed by atoms with van der Waals surface area (Å²) in [5, 5.41) is 14.1. The van der Waals surface area contributed by atoms with Gasteiger partial charge in [-0.05, 0) is 105 Å². The molecule has 7 aromatic rings. The first-order valence-corrected chi connectivity index (χ1v) is 26.0. The van der Waals surface area contributed by atoms with Gasteiger partial charge in [-0.3, -0.25) is 52.1 Å². The lowest BCUT2D eigenvalue weighted by atomic mass is 10.2. The number of nitrogens with one attached hydrogen (secondary N) is 6. The molecule has 0 bridgehead atoms. The number of hydrogen-bond acceptors (Lipinski definition) is 22. The van der Waals surface area contributed by atoms with Crippen LogP contribution in [0.2, 0.25) is 0 Å². The Morgan fingerprint density at radius 3 is 1.19 bits per heavy atom. The van der Waals surface area contributed by atoms with Crippen LogP contribution in [0, 0.1) is 0 Å². The number of halogens is 2. The van der Waals surface area contributed by atoms with Gasteiger partial charge in [-0.15, -0.1) is 0 Å². The smallest absolute Gasteiger partial charge is 0.277 e. The monoisotopic (exact) mass is 1290 g/mol. The molecule has 32 heteroatoms. The fourth-order valence-corrected chi connectivity index (χ4v) is 8.65. The van der Waals surface area contributed by atoms with Crippen LogP contribution in [0.25, 0.3) is 0 Å². The Kier molecular flexibility index (Phi) is 21.1. The molecule has 0 aromatic carbocycles. The number of carbonyl (C=O) groups excluding carboxylic acids is 5. The summed E-state index contributed by atoms with van der Waals surface area (Å²) in [7, 11) is 5.75. The van der Waals surface area contributed by atoms with Gasteiger partial charge in [0, 0.05) is 42.9 Å². The highest BCUT2D eigenvalue weighted by molar-refractivity contribution is 9.10. The number of primary amides is 1. The number of nitrogen functional groups attached to an aromatic ring is 1. The number of Topliss-reactive ketones (excluding diaryl/α,β-unsaturated/α-hetero) is 1. The maximum absolute atomic E-state index is 12.7. The number of aromatic nitrogens is 10. The molecule has 0 radical (unpaired) electrons. The molecule has 10 heterocycles. The number of anilines is 5. The number of fused-ring (bicyclic) bond motifs is 3. The highest BCUT2D eigenvalue weighted by Gasteiger charge is 2.41. The number of amides is 4. The zero-order valence-electron chi connectivity index (χ0n) is 47.2. The average Bonchev–Trinajstić information content (AvgIpc) is 1.80. The predicted octanol–water partition coefficient (Wildman–Crippen LogP) is 3.61. The Morgan fingerprint density at radius 1 is 0.536 bits per heavy atom. The van der Waals surface area contributed by atoms with Crippen LogP contribution in [-0.2, 0) is 21.8 Å². The van der Waals surface area contributed by atoms with E-state index in [-0.39, 0.29) is 84.6 Å². The Morgan fingerprint density at radius 2 is 0.881 bits per heavy atom. The molecule has 0 saturated carbocycles. The van der Waals surface area contributed by atoms with Crippen LogP contribution < -0.4 is 79.2 Å². The van der Waals surface area contributed by atoms with Gasteiger partial charge in [0.25, 0.3) is 45.9 Å². The molecule has 3 aliphatic heterocycles. The van der Waals surface area contributed by atoms with Crippen molar-refractivity contribution in [3.63, 3.8) is 0 Å². The zero-order valence-corrected chi connectivity index (χ0v) is 50.4. The number of H-pyrrole nitrogens is 1. The molecule has 0 unspecified atom stereocenters. The molecule has 4 amide bonds. The molecule has 0 fully saturated rings. The van der Waals surface area contributed by atoms with Gasteiger partial charge in [0.05, 0.1) is 37.4 Å². The molecule has 0 aliphatic carbocycles. The second kappa shape index (κ2) is 27.3.